The number of nitrogens with two attached hydrogens (primary N) is 1. The van der Waals surface area contributed by atoms with E-state index in [1.165, 1.54) is 0 Å². The maximum Gasteiger partial charge on any atom is 0.258 e. The molecule has 0 spiro atoms. The Labute approximate surface area is 151 Å². The molecule has 0 aliphatic heterocycles. The summed E-state index contributed by atoms with van der Waals surface area (Å²) in [4.78, 5) is 8.62. The first-order valence-electron chi connectivity index (χ1n) is 8.05. The summed E-state index contributed by atoms with van der Waals surface area (Å²) in [5.74, 6) is 0.723. The molecule has 3 aromatic rings. The molecule has 0 amide bonds. The summed E-state index contributed by atoms with van der Waals surface area (Å²) >= 11 is 0. The highest BCUT2D eigenvalue weighted by atomic mass is 16.5. The van der Waals surface area contributed by atoms with Crippen molar-refractivity contribution < 1.29 is 4.52 Å². The van der Waals surface area contributed by atoms with E-state index in [2.05, 4.69) is 21.2 Å². The zero-order valence-corrected chi connectivity index (χ0v) is 14.5. The number of nitriles is 1. The number of benzene rings is 2. The first-order valence-corrected chi connectivity index (χ1v) is 8.05. The van der Waals surface area contributed by atoms with E-state index in [0.29, 0.717) is 34.2 Å². The summed E-state index contributed by atoms with van der Waals surface area (Å²) in [6.45, 7) is 3.67. The summed E-state index contributed by atoms with van der Waals surface area (Å²) < 4.78 is 5.38. The van der Waals surface area contributed by atoms with Crippen LogP contribution in [0.25, 0.3) is 28.3 Å². The van der Waals surface area contributed by atoms with Crippen molar-refractivity contribution in [2.45, 2.75) is 13.8 Å². The van der Waals surface area contributed by atoms with Crippen molar-refractivity contribution in [1.82, 2.24) is 10.1 Å². The fourth-order valence-electron chi connectivity index (χ4n) is 2.55. The minimum Gasteiger partial charge on any atom is -0.399 e. The first-order chi connectivity index (χ1) is 12.6. The third-order valence-electron chi connectivity index (χ3n) is 3.73. The lowest BCUT2D eigenvalue weighted by molar-refractivity contribution is 0.428. The smallest absolute Gasteiger partial charge is 0.258 e. The van der Waals surface area contributed by atoms with Crippen LogP contribution < -0.4 is 5.73 Å². The van der Waals surface area contributed by atoms with Crippen molar-refractivity contribution in [3.63, 3.8) is 0 Å². The Balaban J connectivity index is 2.08. The summed E-state index contributed by atoms with van der Waals surface area (Å²) in [7, 11) is 0. The largest absolute Gasteiger partial charge is 0.399 e. The molecule has 0 atom stereocenters. The van der Waals surface area contributed by atoms with Crippen molar-refractivity contribution >= 4 is 17.6 Å². The Morgan fingerprint density at radius 3 is 2.65 bits per heavy atom. The molecule has 0 unspecified atom stereocenters. The second-order valence-electron chi connectivity index (χ2n) is 5.52. The van der Waals surface area contributed by atoms with Gasteiger partial charge in [-0.2, -0.15) is 10.2 Å². The molecule has 1 aromatic heterocycles. The average molecular weight is 343 g/mol. The molecule has 3 rings (SSSR count). The number of aromatic nitrogens is 2. The van der Waals surface area contributed by atoms with Gasteiger partial charge in [0.15, 0.2) is 0 Å². The van der Waals surface area contributed by atoms with Gasteiger partial charge in [-0.25, -0.2) is 0 Å². The first kappa shape index (κ1) is 17.1. The van der Waals surface area contributed by atoms with E-state index < -0.39 is 0 Å². The Morgan fingerprint density at radius 2 is 1.96 bits per heavy atom. The molecular formula is C20H17N5O. The van der Waals surface area contributed by atoms with E-state index in [1.807, 2.05) is 44.2 Å². The third kappa shape index (κ3) is 3.52. The molecule has 2 N–H and O–H groups in total. The van der Waals surface area contributed by atoms with Gasteiger partial charge in [0.25, 0.3) is 5.89 Å². The fourth-order valence-corrected chi connectivity index (χ4v) is 2.55. The zero-order chi connectivity index (χ0) is 18.5. The molecule has 0 bridgehead atoms. The van der Waals surface area contributed by atoms with E-state index in [4.69, 9.17) is 10.3 Å². The van der Waals surface area contributed by atoms with E-state index in [-0.39, 0.29) is 0 Å². The molecule has 0 saturated heterocycles. The normalized spacial score (nSPS) is 11.7. The number of allylic oxidation sites excluding steroid dienone is 1. The van der Waals surface area contributed by atoms with Crippen LogP contribution in [0.5, 0.6) is 0 Å². The Bertz CT molecular complexity index is 1040. The van der Waals surface area contributed by atoms with Crippen molar-refractivity contribution in [2.75, 3.05) is 5.73 Å². The van der Waals surface area contributed by atoms with Gasteiger partial charge in [-0.3, -0.25) is 4.99 Å². The maximum atomic E-state index is 9.37. The Morgan fingerprint density at radius 1 is 1.15 bits per heavy atom. The molecular weight excluding hydrogens is 326 g/mol. The number of aliphatic imine (C=N–C) groups is 1. The topological polar surface area (TPSA) is 101 Å². The highest BCUT2D eigenvalue weighted by Gasteiger charge is 2.14. The minimum absolute atomic E-state index is 0.327. The maximum absolute atomic E-state index is 9.37. The molecule has 128 valence electrons. The van der Waals surface area contributed by atoms with Crippen molar-refractivity contribution in [1.29, 1.82) is 5.26 Å². The van der Waals surface area contributed by atoms with Crippen LogP contribution in [0.1, 0.15) is 25.2 Å². The molecule has 26 heavy (non-hydrogen) atoms. The van der Waals surface area contributed by atoms with Gasteiger partial charge in [0.2, 0.25) is 5.82 Å². The molecule has 0 saturated carbocycles. The second-order valence-corrected chi connectivity index (χ2v) is 5.52. The Kier molecular flexibility index (Phi) is 4.90. The van der Waals surface area contributed by atoms with Crippen LogP contribution in [0, 0.1) is 11.3 Å². The minimum atomic E-state index is 0.327. The summed E-state index contributed by atoms with van der Waals surface area (Å²) in [6, 6.07) is 15.0. The van der Waals surface area contributed by atoms with Crippen molar-refractivity contribution in [3.8, 4) is 28.7 Å². The number of anilines is 1. The lowest BCUT2D eigenvalue weighted by atomic mass is 9.99. The van der Waals surface area contributed by atoms with Crippen LogP contribution in [0.15, 0.2) is 58.1 Å². The summed E-state index contributed by atoms with van der Waals surface area (Å²) in [5.41, 5.74) is 10.1. The van der Waals surface area contributed by atoms with Crippen LogP contribution in [0.3, 0.4) is 0 Å². The van der Waals surface area contributed by atoms with Crippen molar-refractivity contribution in [2.24, 2.45) is 4.99 Å². The molecule has 0 fully saturated rings. The van der Waals surface area contributed by atoms with Crippen LogP contribution in [0.4, 0.5) is 5.69 Å². The molecule has 2 aromatic carbocycles. The molecule has 0 radical (unpaired) electrons. The number of hydrogen-bond acceptors (Lipinski definition) is 6. The molecule has 6 heteroatoms. The predicted molar refractivity (Wildman–Crippen MR) is 102 cm³/mol. The Hall–Kier alpha value is -3.72. The van der Waals surface area contributed by atoms with Gasteiger partial charge in [-0.05, 0) is 55.3 Å². The zero-order valence-electron chi connectivity index (χ0n) is 14.5. The van der Waals surface area contributed by atoms with Crippen LogP contribution >= 0.6 is 0 Å². The van der Waals surface area contributed by atoms with Gasteiger partial charge >= 0.3 is 0 Å². The van der Waals surface area contributed by atoms with Gasteiger partial charge in [-0.15, -0.1) is 0 Å². The van der Waals surface area contributed by atoms with E-state index >= 15 is 0 Å². The van der Waals surface area contributed by atoms with Gasteiger partial charge in [0.05, 0.1) is 11.6 Å². The van der Waals surface area contributed by atoms with Gasteiger partial charge in [0, 0.05) is 17.5 Å². The molecule has 6 nitrogen and oxygen atoms in total. The third-order valence-corrected chi connectivity index (χ3v) is 3.73. The summed E-state index contributed by atoms with van der Waals surface area (Å²) in [5, 5.41) is 13.4. The van der Waals surface area contributed by atoms with E-state index in [1.54, 1.807) is 24.4 Å². The lowest BCUT2D eigenvalue weighted by Gasteiger charge is -2.05. The monoisotopic (exact) mass is 343 g/mol. The SMILES string of the molecule is CC=N/C(=C\C)c1noc(-c2cc(C#N)cc(-c3cccc(N)c3)c2)n1. The quantitative estimate of drug-likeness (QED) is 0.562. The second kappa shape index (κ2) is 7.45. The van der Waals surface area contributed by atoms with E-state index in [9.17, 15) is 5.26 Å². The number of nitrogens with zero attached hydrogens (tertiary/aromatic N) is 4. The number of hydrogen-bond donors (Lipinski definition) is 1. The molecule has 0 aliphatic rings. The summed E-state index contributed by atoms with van der Waals surface area (Å²) in [6.07, 6.45) is 3.47. The number of rotatable bonds is 4. The highest BCUT2D eigenvalue weighted by molar-refractivity contribution is 5.75. The van der Waals surface area contributed by atoms with Gasteiger partial charge < -0.3 is 10.3 Å². The standard InChI is InChI=1S/C20H17N5O/c1-3-18(23-4-2)19-24-20(26-25-19)16-9-13(12-21)8-15(10-16)14-6-5-7-17(22)11-14/h3-11H,22H2,1-2H3/b18-3-,23-4?. The van der Waals surface area contributed by atoms with Gasteiger partial charge in [0.1, 0.15) is 5.70 Å². The fraction of sp³-hybridized carbons (Fsp3) is 0.100. The molecule has 1 heterocycles. The van der Waals surface area contributed by atoms with Crippen LogP contribution in [-0.2, 0) is 0 Å². The van der Waals surface area contributed by atoms with Gasteiger partial charge in [-0.1, -0.05) is 23.4 Å². The average Bonchev–Trinajstić information content (AvgIpc) is 3.15. The van der Waals surface area contributed by atoms with E-state index in [0.717, 1.165) is 11.1 Å². The molecule has 0 aliphatic carbocycles. The number of nitrogen functional groups attached to an aromatic ring is 1. The van der Waals surface area contributed by atoms with Crippen LogP contribution in [-0.4, -0.2) is 16.4 Å². The van der Waals surface area contributed by atoms with Crippen LogP contribution in [0.2, 0.25) is 0 Å². The van der Waals surface area contributed by atoms with Crippen molar-refractivity contribution in [3.05, 3.63) is 59.9 Å². The highest BCUT2D eigenvalue weighted by Crippen LogP contribution is 2.29. The lowest BCUT2D eigenvalue weighted by Crippen LogP contribution is -1.89. The predicted octanol–water partition coefficient (Wildman–Crippen LogP) is 4.31.